The molecule has 2 unspecified atom stereocenters. The number of aromatic hydroxyl groups is 1. The molecule has 2 N–H and O–H groups in total. The maximum absolute atomic E-state index is 12.1. The number of rotatable bonds is 9. The van der Waals surface area contributed by atoms with Crippen molar-refractivity contribution in [3.8, 4) is 34.4 Å². The van der Waals surface area contributed by atoms with Crippen molar-refractivity contribution in [1.29, 1.82) is 5.26 Å². The molecule has 0 saturated heterocycles. The smallest absolute Gasteiger partial charge is 0.270 e. The third-order valence-corrected chi connectivity index (χ3v) is 8.60. The minimum absolute atomic E-state index is 0.288. The lowest BCUT2D eigenvalue weighted by Crippen LogP contribution is -2.19. The van der Waals surface area contributed by atoms with E-state index in [2.05, 4.69) is 31.0 Å². The number of nitriles is 1. The molecule has 40 heavy (non-hydrogen) atoms. The molecule has 0 amide bonds. The first kappa shape index (κ1) is 27.9. The highest BCUT2D eigenvalue weighted by Crippen LogP contribution is 2.44. The lowest BCUT2D eigenvalue weighted by Gasteiger charge is -2.33. The number of hydrogen-bond donors (Lipinski definition) is 2. The lowest BCUT2D eigenvalue weighted by molar-refractivity contribution is 0.356. The second-order valence-electron chi connectivity index (χ2n) is 10.9. The summed E-state index contributed by atoms with van der Waals surface area (Å²) in [4.78, 5) is 14.8. The summed E-state index contributed by atoms with van der Waals surface area (Å²) in [5.74, 6) is 1.79. The first-order valence-electron chi connectivity index (χ1n) is 14.3. The fraction of sp³-hybridized carbons (Fsp3) is 0.394. The highest BCUT2D eigenvalue weighted by atomic mass is 35.5. The number of H-pyrrole nitrogens is 1. The summed E-state index contributed by atoms with van der Waals surface area (Å²) in [6.07, 6.45) is 9.84. The Morgan fingerprint density at radius 3 is 2.58 bits per heavy atom. The van der Waals surface area contributed by atoms with Crippen molar-refractivity contribution in [3.63, 3.8) is 0 Å². The second kappa shape index (κ2) is 11.8. The van der Waals surface area contributed by atoms with Crippen LogP contribution in [0.5, 0.6) is 11.5 Å². The Balaban J connectivity index is 1.54. The number of pyridine rings is 1. The number of fused-ring (bicyclic) bond motifs is 2. The maximum Gasteiger partial charge on any atom is 0.270 e. The minimum Gasteiger partial charge on any atom is -0.504 e. The Morgan fingerprint density at radius 2 is 1.90 bits per heavy atom. The molecule has 0 spiro atoms. The zero-order valence-electron chi connectivity index (χ0n) is 23.4. The van der Waals surface area contributed by atoms with E-state index in [1.807, 2.05) is 24.3 Å². The fourth-order valence-corrected chi connectivity index (χ4v) is 6.71. The van der Waals surface area contributed by atoms with Crippen LogP contribution in [-0.4, -0.2) is 21.8 Å². The van der Waals surface area contributed by atoms with Gasteiger partial charge >= 0.3 is 0 Å². The largest absolute Gasteiger partial charge is 0.504 e. The van der Waals surface area contributed by atoms with E-state index in [1.165, 1.54) is 56.1 Å². The first-order valence-corrected chi connectivity index (χ1v) is 14.7. The number of halogens is 1. The van der Waals surface area contributed by atoms with Crippen LogP contribution in [0.4, 0.5) is 0 Å². The van der Waals surface area contributed by atoms with Crippen LogP contribution in [0, 0.1) is 17.2 Å². The number of methoxy groups -OCH3 is 1. The highest BCUT2D eigenvalue weighted by Gasteiger charge is 2.28. The van der Waals surface area contributed by atoms with Crippen LogP contribution in [0.1, 0.15) is 81.4 Å². The number of nitrogens with zero attached hydrogens (tertiary/aromatic N) is 2. The number of unbranched alkanes of at least 4 members (excludes halogenated alkanes) is 2. The molecule has 0 radical (unpaired) electrons. The number of aromatic nitrogens is 2. The summed E-state index contributed by atoms with van der Waals surface area (Å²) < 4.78 is 7.55. The summed E-state index contributed by atoms with van der Waals surface area (Å²) in [6, 6.07) is 15.8. The summed E-state index contributed by atoms with van der Waals surface area (Å²) in [6.45, 7) is 4.54. The zero-order valence-corrected chi connectivity index (χ0v) is 24.1. The van der Waals surface area contributed by atoms with E-state index < -0.39 is 5.56 Å². The predicted octanol–water partition coefficient (Wildman–Crippen LogP) is 8.25. The van der Waals surface area contributed by atoms with Gasteiger partial charge in [0.05, 0.1) is 12.6 Å². The van der Waals surface area contributed by atoms with Gasteiger partial charge < -0.3 is 14.8 Å². The van der Waals surface area contributed by atoms with Gasteiger partial charge in [-0.1, -0.05) is 69.7 Å². The van der Waals surface area contributed by atoms with Crippen molar-refractivity contribution in [2.24, 2.45) is 5.92 Å². The van der Waals surface area contributed by atoms with Crippen LogP contribution >= 0.6 is 11.6 Å². The average molecular weight is 558 g/mol. The molecule has 5 rings (SSSR count). The zero-order chi connectivity index (χ0) is 28.4. The van der Waals surface area contributed by atoms with Crippen LogP contribution in [-0.2, 0) is 6.42 Å². The highest BCUT2D eigenvalue weighted by molar-refractivity contribution is 6.31. The standard InChI is InChI=1S/C33H36ClN3O3/c1-4-6-7-9-22-14-20(8-5-2)15-23-16-26(29(40-3)17-25(22)23)21-10-12-24(13-11-21)37-30(34)18-28-31(37)32(38)27(19-35)33(39)36-28/h10-13,16-18,20,22H,4-9,14-15H2,1-3H3,(H2,36,38,39). The fourth-order valence-electron chi connectivity index (χ4n) is 6.42. The second-order valence-corrected chi connectivity index (χ2v) is 11.3. The Hall–Kier alpha value is -3.69. The van der Waals surface area contributed by atoms with Gasteiger partial charge in [-0.3, -0.25) is 9.36 Å². The molecular weight excluding hydrogens is 522 g/mol. The number of aromatic amines is 1. The van der Waals surface area contributed by atoms with Gasteiger partial charge in [0, 0.05) is 11.3 Å². The molecule has 4 aromatic rings. The van der Waals surface area contributed by atoms with Crippen LogP contribution in [0.15, 0.2) is 47.3 Å². The van der Waals surface area contributed by atoms with Crippen molar-refractivity contribution in [2.45, 2.75) is 71.1 Å². The normalized spacial score (nSPS) is 16.6. The van der Waals surface area contributed by atoms with Gasteiger partial charge in [-0.25, -0.2) is 0 Å². The van der Waals surface area contributed by atoms with E-state index >= 15 is 0 Å². The molecular formula is C33H36ClN3O3. The van der Waals surface area contributed by atoms with Gasteiger partial charge in [0.2, 0.25) is 0 Å². The molecule has 2 atom stereocenters. The van der Waals surface area contributed by atoms with Gasteiger partial charge in [-0.15, -0.1) is 0 Å². The molecule has 208 valence electrons. The lowest BCUT2D eigenvalue weighted by atomic mass is 9.73. The van der Waals surface area contributed by atoms with Crippen molar-refractivity contribution < 1.29 is 9.84 Å². The molecule has 2 aromatic carbocycles. The van der Waals surface area contributed by atoms with Crippen LogP contribution in [0.2, 0.25) is 5.15 Å². The first-order chi connectivity index (χ1) is 19.4. The Kier molecular flexibility index (Phi) is 8.23. The summed E-state index contributed by atoms with van der Waals surface area (Å²) in [5, 5.41) is 20.4. The van der Waals surface area contributed by atoms with Crippen LogP contribution in [0.25, 0.3) is 27.8 Å². The van der Waals surface area contributed by atoms with Crippen LogP contribution in [0.3, 0.4) is 0 Å². The summed E-state index contributed by atoms with van der Waals surface area (Å²) in [7, 11) is 1.73. The Bertz CT molecular complexity index is 1630. The summed E-state index contributed by atoms with van der Waals surface area (Å²) in [5.41, 5.74) is 5.32. The van der Waals surface area contributed by atoms with Gasteiger partial charge in [-0.05, 0) is 78.1 Å². The van der Waals surface area contributed by atoms with E-state index in [-0.39, 0.29) is 16.8 Å². The topological polar surface area (TPSA) is 91.0 Å². The third kappa shape index (κ3) is 5.11. The van der Waals surface area contributed by atoms with E-state index in [1.54, 1.807) is 23.8 Å². The summed E-state index contributed by atoms with van der Waals surface area (Å²) >= 11 is 6.53. The average Bonchev–Trinajstić information content (AvgIpc) is 3.28. The molecule has 2 aromatic heterocycles. The van der Waals surface area contributed by atoms with Crippen molar-refractivity contribution in [1.82, 2.24) is 9.55 Å². The SMILES string of the molecule is CCCCCC1CC(CCC)Cc2cc(-c3ccc(-n4c(Cl)cc5[nH]c(=O)c(C#N)c(O)c54)cc3)c(OC)cc21. The molecule has 6 nitrogen and oxygen atoms in total. The number of ether oxygens (including phenoxy) is 1. The minimum atomic E-state index is -0.648. The van der Waals surface area contributed by atoms with Gasteiger partial charge in [0.25, 0.3) is 5.56 Å². The number of nitrogens with one attached hydrogen (secondary N) is 1. The monoisotopic (exact) mass is 557 g/mol. The van der Waals surface area contributed by atoms with E-state index in [9.17, 15) is 15.2 Å². The molecule has 1 aliphatic rings. The molecule has 0 bridgehead atoms. The molecule has 0 saturated carbocycles. The Morgan fingerprint density at radius 1 is 1.12 bits per heavy atom. The van der Waals surface area contributed by atoms with E-state index in [0.717, 1.165) is 23.3 Å². The van der Waals surface area contributed by atoms with Crippen LogP contribution < -0.4 is 10.3 Å². The number of benzene rings is 2. The Labute approximate surface area is 240 Å². The van der Waals surface area contributed by atoms with Gasteiger partial charge in [0.1, 0.15) is 22.5 Å². The van der Waals surface area contributed by atoms with E-state index in [0.29, 0.717) is 28.2 Å². The van der Waals surface area contributed by atoms with E-state index in [4.69, 9.17) is 16.3 Å². The van der Waals surface area contributed by atoms with Gasteiger partial charge in [0.15, 0.2) is 11.3 Å². The molecule has 0 aliphatic heterocycles. The molecule has 7 heteroatoms. The van der Waals surface area contributed by atoms with Crippen molar-refractivity contribution in [2.75, 3.05) is 7.11 Å². The number of hydrogen-bond acceptors (Lipinski definition) is 4. The molecule has 1 aliphatic carbocycles. The predicted molar refractivity (Wildman–Crippen MR) is 161 cm³/mol. The quantitative estimate of drug-likeness (QED) is 0.203. The maximum atomic E-state index is 12.1. The van der Waals surface area contributed by atoms with Gasteiger partial charge in [-0.2, -0.15) is 5.26 Å². The molecule has 0 fully saturated rings. The van der Waals surface area contributed by atoms with Crippen molar-refractivity contribution in [3.05, 3.63) is 74.7 Å². The molecule has 2 heterocycles. The van der Waals surface area contributed by atoms with Crippen molar-refractivity contribution >= 4 is 22.6 Å². The third-order valence-electron chi connectivity index (χ3n) is 8.32.